The minimum Gasteiger partial charge on any atom is -0.338 e. The van der Waals surface area contributed by atoms with Crippen LogP contribution in [-0.4, -0.2) is 56.3 Å². The van der Waals surface area contributed by atoms with Crippen molar-refractivity contribution >= 4 is 0 Å². The molecule has 1 fully saturated rings. The highest BCUT2D eigenvalue weighted by Crippen LogP contribution is 2.24. The summed E-state index contributed by atoms with van der Waals surface area (Å²) in [5.74, 6) is 2.57. The van der Waals surface area contributed by atoms with E-state index in [4.69, 9.17) is 9.05 Å². The van der Waals surface area contributed by atoms with Crippen LogP contribution in [0.25, 0.3) is 22.8 Å². The molecule has 0 bridgehead atoms. The van der Waals surface area contributed by atoms with Gasteiger partial charge < -0.3 is 9.05 Å². The summed E-state index contributed by atoms with van der Waals surface area (Å²) >= 11 is 0. The Morgan fingerprint density at radius 2 is 1.30 bits per heavy atom. The first-order chi connectivity index (χ1) is 16.0. The van der Waals surface area contributed by atoms with E-state index in [1.807, 2.05) is 24.3 Å². The number of rotatable bonds is 6. The summed E-state index contributed by atoms with van der Waals surface area (Å²) in [7, 11) is 0. The minimum atomic E-state index is 0.0652. The van der Waals surface area contributed by atoms with Crippen LogP contribution in [0.2, 0.25) is 0 Å². The summed E-state index contributed by atoms with van der Waals surface area (Å²) in [5.41, 5.74) is 4.36. The van der Waals surface area contributed by atoms with Gasteiger partial charge in [0, 0.05) is 37.3 Å². The number of benzene rings is 2. The number of aromatic nitrogens is 4. The van der Waals surface area contributed by atoms with Crippen LogP contribution in [0.4, 0.5) is 0 Å². The van der Waals surface area contributed by atoms with Crippen LogP contribution in [0, 0.1) is 13.8 Å². The van der Waals surface area contributed by atoms with E-state index >= 15 is 0 Å². The van der Waals surface area contributed by atoms with Gasteiger partial charge >= 0.3 is 0 Å². The fourth-order valence-electron chi connectivity index (χ4n) is 4.02. The molecule has 0 aliphatic carbocycles. The van der Waals surface area contributed by atoms with Gasteiger partial charge in [-0.3, -0.25) is 9.80 Å². The molecule has 3 heterocycles. The van der Waals surface area contributed by atoms with Gasteiger partial charge in [0.15, 0.2) is 0 Å². The van der Waals surface area contributed by atoms with Crippen molar-refractivity contribution in [3.63, 3.8) is 0 Å². The third-order valence-electron chi connectivity index (χ3n) is 6.20. The molecule has 5 rings (SSSR count). The zero-order valence-electron chi connectivity index (χ0n) is 19.2. The van der Waals surface area contributed by atoms with Gasteiger partial charge in [0.05, 0.1) is 12.6 Å². The van der Waals surface area contributed by atoms with Crippen molar-refractivity contribution in [2.45, 2.75) is 33.4 Å². The maximum Gasteiger partial charge on any atom is 0.244 e. The molecule has 2 aromatic carbocycles. The van der Waals surface area contributed by atoms with Crippen LogP contribution in [-0.2, 0) is 6.54 Å². The molecule has 0 amide bonds. The molecule has 33 heavy (non-hydrogen) atoms. The zero-order chi connectivity index (χ0) is 22.8. The smallest absolute Gasteiger partial charge is 0.244 e. The van der Waals surface area contributed by atoms with Gasteiger partial charge in [-0.2, -0.15) is 9.97 Å². The second-order valence-corrected chi connectivity index (χ2v) is 8.69. The Bertz CT molecular complexity index is 1190. The monoisotopic (exact) mass is 444 g/mol. The Kier molecular flexibility index (Phi) is 6.02. The second-order valence-electron chi connectivity index (χ2n) is 8.69. The van der Waals surface area contributed by atoms with Crippen LogP contribution in [0.3, 0.4) is 0 Å². The van der Waals surface area contributed by atoms with Crippen LogP contribution in [0.5, 0.6) is 0 Å². The predicted molar refractivity (Wildman–Crippen MR) is 124 cm³/mol. The average Bonchev–Trinajstić information content (AvgIpc) is 3.51. The molecule has 0 N–H and O–H groups in total. The lowest BCUT2D eigenvalue weighted by molar-refractivity contribution is 0.0785. The van der Waals surface area contributed by atoms with Crippen molar-refractivity contribution in [3.8, 4) is 22.8 Å². The van der Waals surface area contributed by atoms with Crippen molar-refractivity contribution in [1.82, 2.24) is 30.1 Å². The summed E-state index contributed by atoms with van der Waals surface area (Å²) in [6, 6.07) is 16.4. The van der Waals surface area contributed by atoms with Gasteiger partial charge in [-0.1, -0.05) is 70.0 Å². The highest BCUT2D eigenvalue weighted by molar-refractivity contribution is 5.55. The fourth-order valence-corrected chi connectivity index (χ4v) is 4.02. The number of hydrogen-bond acceptors (Lipinski definition) is 8. The van der Waals surface area contributed by atoms with Gasteiger partial charge in [0.2, 0.25) is 23.4 Å². The van der Waals surface area contributed by atoms with E-state index in [0.717, 1.165) is 37.3 Å². The normalized spacial score (nSPS) is 16.2. The van der Waals surface area contributed by atoms with Crippen molar-refractivity contribution in [3.05, 3.63) is 71.4 Å². The molecule has 4 aromatic rings. The minimum absolute atomic E-state index is 0.0652. The van der Waals surface area contributed by atoms with Crippen LogP contribution >= 0.6 is 0 Å². The number of nitrogens with zero attached hydrogens (tertiary/aromatic N) is 6. The Hall–Kier alpha value is -3.36. The molecule has 8 heteroatoms. The molecule has 0 spiro atoms. The summed E-state index contributed by atoms with van der Waals surface area (Å²) in [6.45, 7) is 10.5. The lowest BCUT2D eigenvalue weighted by Crippen LogP contribution is -2.46. The van der Waals surface area contributed by atoms with E-state index in [-0.39, 0.29) is 6.04 Å². The Balaban J connectivity index is 1.16. The first-order valence-corrected chi connectivity index (χ1v) is 11.3. The van der Waals surface area contributed by atoms with E-state index in [0.29, 0.717) is 30.0 Å². The van der Waals surface area contributed by atoms with E-state index in [9.17, 15) is 0 Å². The van der Waals surface area contributed by atoms with Gasteiger partial charge in [0.1, 0.15) is 0 Å². The lowest BCUT2D eigenvalue weighted by atomic mass is 10.1. The topological polar surface area (TPSA) is 84.3 Å². The number of aryl methyl sites for hydroxylation is 2. The molecule has 1 atom stereocenters. The third kappa shape index (κ3) is 4.86. The van der Waals surface area contributed by atoms with Gasteiger partial charge in [-0.05, 0) is 20.8 Å². The molecule has 1 saturated heterocycles. The standard InChI is InChI=1S/C25H28N6O2/c1-17-4-8-20(9-5-17)23-26-22(32-28-23)16-30-12-14-31(15-13-30)19(3)25-27-24(29-33-25)21-10-6-18(2)7-11-21/h4-11,19H,12-16H2,1-3H3. The first-order valence-electron chi connectivity index (χ1n) is 11.3. The molecule has 1 aliphatic heterocycles. The Morgan fingerprint density at radius 1 is 0.758 bits per heavy atom. The predicted octanol–water partition coefficient (Wildman–Crippen LogP) is 4.28. The van der Waals surface area contributed by atoms with Crippen molar-refractivity contribution in [2.75, 3.05) is 26.2 Å². The van der Waals surface area contributed by atoms with E-state index in [2.05, 4.69) is 75.1 Å². The molecule has 8 nitrogen and oxygen atoms in total. The lowest BCUT2D eigenvalue weighted by Gasteiger charge is -2.36. The molecule has 1 aliphatic rings. The highest BCUT2D eigenvalue weighted by atomic mass is 16.5. The van der Waals surface area contributed by atoms with E-state index < -0.39 is 0 Å². The summed E-state index contributed by atoms with van der Waals surface area (Å²) in [5, 5.41) is 8.33. The average molecular weight is 445 g/mol. The first kappa shape index (κ1) is 21.5. The molecular formula is C25H28N6O2. The second kappa shape index (κ2) is 9.25. The van der Waals surface area contributed by atoms with Gasteiger partial charge in [-0.25, -0.2) is 0 Å². The van der Waals surface area contributed by atoms with Crippen molar-refractivity contribution in [1.29, 1.82) is 0 Å². The molecule has 1 unspecified atom stereocenters. The number of hydrogen-bond donors (Lipinski definition) is 0. The molecule has 170 valence electrons. The van der Waals surface area contributed by atoms with Crippen LogP contribution in [0.1, 0.15) is 35.9 Å². The summed E-state index contributed by atoms with van der Waals surface area (Å²) in [6.07, 6.45) is 0. The Morgan fingerprint density at radius 3 is 1.91 bits per heavy atom. The van der Waals surface area contributed by atoms with Gasteiger partial charge in [0.25, 0.3) is 0 Å². The summed E-state index contributed by atoms with van der Waals surface area (Å²) in [4.78, 5) is 13.9. The van der Waals surface area contributed by atoms with Crippen molar-refractivity contribution in [2.24, 2.45) is 0 Å². The van der Waals surface area contributed by atoms with Crippen LogP contribution < -0.4 is 0 Å². The maximum absolute atomic E-state index is 5.59. The molecule has 0 radical (unpaired) electrons. The third-order valence-corrected chi connectivity index (χ3v) is 6.20. The quantitative estimate of drug-likeness (QED) is 0.436. The largest absolute Gasteiger partial charge is 0.338 e. The molecule has 0 saturated carbocycles. The number of piperazine rings is 1. The Labute approximate surface area is 193 Å². The fraction of sp³-hybridized carbons (Fsp3) is 0.360. The van der Waals surface area contributed by atoms with Crippen LogP contribution in [0.15, 0.2) is 57.6 Å². The van der Waals surface area contributed by atoms with Crippen molar-refractivity contribution < 1.29 is 9.05 Å². The summed E-state index contributed by atoms with van der Waals surface area (Å²) < 4.78 is 11.1. The van der Waals surface area contributed by atoms with Gasteiger partial charge in [-0.15, -0.1) is 0 Å². The van der Waals surface area contributed by atoms with E-state index in [1.54, 1.807) is 0 Å². The SMILES string of the molecule is Cc1ccc(-c2noc(CN3CCN(C(C)c4nc(-c5ccc(C)cc5)no4)CC3)n2)cc1. The maximum atomic E-state index is 5.59. The molecule has 2 aromatic heterocycles. The zero-order valence-corrected chi connectivity index (χ0v) is 19.2. The molecular weight excluding hydrogens is 416 g/mol. The highest BCUT2D eigenvalue weighted by Gasteiger charge is 2.27. The van der Waals surface area contributed by atoms with E-state index in [1.165, 1.54) is 11.1 Å².